The highest BCUT2D eigenvalue weighted by atomic mass is 19.4. The lowest BCUT2D eigenvalue weighted by atomic mass is 10.1. The summed E-state index contributed by atoms with van der Waals surface area (Å²) in [5.74, 6) is -3.90. The molecule has 0 saturated carbocycles. The van der Waals surface area contributed by atoms with Crippen molar-refractivity contribution in [3.8, 4) is 0 Å². The highest BCUT2D eigenvalue weighted by molar-refractivity contribution is 5.75. The minimum absolute atomic E-state index is 0.168. The second-order valence-corrected chi connectivity index (χ2v) is 4.91. The first kappa shape index (κ1) is 20.8. The number of rotatable bonds is 3. The molecule has 0 aromatic heterocycles. The van der Waals surface area contributed by atoms with E-state index in [4.69, 9.17) is 9.90 Å². The third-order valence-corrected chi connectivity index (χ3v) is 3.04. The molecule has 1 saturated heterocycles. The highest BCUT2D eigenvalue weighted by Crippen LogP contribution is 2.28. The molecule has 1 fully saturated rings. The first-order valence-corrected chi connectivity index (χ1v) is 6.78. The number of ether oxygens (including phenoxy) is 1. The summed E-state index contributed by atoms with van der Waals surface area (Å²) in [6.07, 6.45) is -8.37. The van der Waals surface area contributed by atoms with Crippen LogP contribution in [-0.4, -0.2) is 59.0 Å². The molecule has 0 spiro atoms. The molecule has 0 radical (unpaired) electrons. The van der Waals surface area contributed by atoms with Crippen molar-refractivity contribution in [3.63, 3.8) is 0 Å². The van der Waals surface area contributed by atoms with Gasteiger partial charge in [-0.3, -0.25) is 9.69 Å². The predicted octanol–water partition coefficient (Wildman–Crippen LogP) is 2.37. The van der Waals surface area contributed by atoms with E-state index in [-0.39, 0.29) is 13.2 Å². The molecule has 2 N–H and O–H groups in total. The van der Waals surface area contributed by atoms with Crippen molar-refractivity contribution < 1.29 is 46.5 Å². The van der Waals surface area contributed by atoms with E-state index in [1.165, 1.54) is 4.90 Å². The van der Waals surface area contributed by atoms with Crippen LogP contribution in [0.15, 0.2) is 30.3 Å². The van der Waals surface area contributed by atoms with E-state index < -0.39 is 36.8 Å². The van der Waals surface area contributed by atoms with E-state index in [1.54, 1.807) is 30.3 Å². The first-order chi connectivity index (χ1) is 11.4. The maximum atomic E-state index is 13.1. The number of hydrogen-bond donors (Lipinski definition) is 2. The fraction of sp³-hybridized carbons (Fsp3) is 0.429. The van der Waals surface area contributed by atoms with Crippen LogP contribution in [0, 0.1) is 0 Å². The number of aliphatic carboxylic acids is 2. The molecule has 0 aliphatic carbocycles. The van der Waals surface area contributed by atoms with Crippen molar-refractivity contribution in [3.05, 3.63) is 35.9 Å². The summed E-state index contributed by atoms with van der Waals surface area (Å²) in [5, 5.41) is 16.3. The van der Waals surface area contributed by atoms with Gasteiger partial charge in [-0.15, -0.1) is 0 Å². The third-order valence-electron chi connectivity index (χ3n) is 3.04. The normalized spacial score (nSPS) is 18.6. The van der Waals surface area contributed by atoms with Gasteiger partial charge in [0.25, 0.3) is 0 Å². The van der Waals surface area contributed by atoms with Gasteiger partial charge in [0.2, 0.25) is 0 Å². The van der Waals surface area contributed by atoms with Crippen LogP contribution < -0.4 is 0 Å². The van der Waals surface area contributed by atoms with E-state index >= 15 is 0 Å². The average Bonchev–Trinajstić information content (AvgIpc) is 2.46. The van der Waals surface area contributed by atoms with Gasteiger partial charge in [-0.25, -0.2) is 4.79 Å². The van der Waals surface area contributed by atoms with Gasteiger partial charge in [-0.2, -0.15) is 22.0 Å². The number of alkyl halides is 5. The maximum absolute atomic E-state index is 13.1. The number of carboxylic acid groups (broad SMARTS) is 2. The van der Waals surface area contributed by atoms with Crippen molar-refractivity contribution in [2.24, 2.45) is 0 Å². The number of nitrogens with zero attached hydrogens (tertiary/aromatic N) is 1. The van der Waals surface area contributed by atoms with Gasteiger partial charge >= 0.3 is 24.2 Å². The Morgan fingerprint density at radius 2 is 1.68 bits per heavy atom. The summed E-state index contributed by atoms with van der Waals surface area (Å²) < 4.78 is 62.3. The smallest absolute Gasteiger partial charge is 0.480 e. The van der Waals surface area contributed by atoms with E-state index in [9.17, 15) is 31.9 Å². The molecule has 1 heterocycles. The Hall–Kier alpha value is -2.27. The van der Waals surface area contributed by atoms with Gasteiger partial charge in [-0.1, -0.05) is 30.3 Å². The first-order valence-electron chi connectivity index (χ1n) is 6.78. The van der Waals surface area contributed by atoms with Crippen molar-refractivity contribution in [1.82, 2.24) is 4.90 Å². The van der Waals surface area contributed by atoms with Crippen LogP contribution >= 0.6 is 0 Å². The Kier molecular flexibility index (Phi) is 6.82. The van der Waals surface area contributed by atoms with Gasteiger partial charge in [-0.05, 0) is 5.56 Å². The molecule has 140 valence electrons. The molecule has 1 aromatic rings. The Morgan fingerprint density at radius 3 is 2.08 bits per heavy atom. The van der Waals surface area contributed by atoms with Crippen LogP contribution in [0.2, 0.25) is 0 Å². The molecule has 1 atom stereocenters. The SMILES string of the molecule is O=C(O)C(F)(F)F.O=C(O)C(c1ccccc1)N1CCOC(F)(F)C1. The molecule has 25 heavy (non-hydrogen) atoms. The van der Waals surface area contributed by atoms with E-state index in [1.807, 2.05) is 0 Å². The van der Waals surface area contributed by atoms with Gasteiger partial charge < -0.3 is 14.9 Å². The summed E-state index contributed by atoms with van der Waals surface area (Å²) in [7, 11) is 0. The Bertz CT molecular complexity index is 593. The second kappa shape index (κ2) is 8.21. The largest absolute Gasteiger partial charge is 0.490 e. The second-order valence-electron chi connectivity index (χ2n) is 4.91. The predicted molar refractivity (Wildman–Crippen MR) is 73.0 cm³/mol. The van der Waals surface area contributed by atoms with Crippen LogP contribution in [0.5, 0.6) is 0 Å². The molecule has 2 rings (SSSR count). The van der Waals surface area contributed by atoms with E-state index in [0.717, 1.165) is 0 Å². The van der Waals surface area contributed by atoms with Crippen LogP contribution in [-0.2, 0) is 14.3 Å². The number of carbonyl (C=O) groups is 2. The maximum Gasteiger partial charge on any atom is 0.490 e. The van der Waals surface area contributed by atoms with E-state index in [0.29, 0.717) is 5.56 Å². The van der Waals surface area contributed by atoms with Crippen molar-refractivity contribution in [2.45, 2.75) is 18.3 Å². The summed E-state index contributed by atoms with van der Waals surface area (Å²) in [6.45, 7) is -0.718. The molecule has 1 aliphatic heterocycles. The van der Waals surface area contributed by atoms with Crippen molar-refractivity contribution in [1.29, 1.82) is 0 Å². The third kappa shape index (κ3) is 6.63. The number of hydrogen-bond acceptors (Lipinski definition) is 4. The topological polar surface area (TPSA) is 87.1 Å². The van der Waals surface area contributed by atoms with Gasteiger partial charge in [0.05, 0.1) is 13.2 Å². The number of carboxylic acids is 2. The van der Waals surface area contributed by atoms with Crippen LogP contribution in [0.1, 0.15) is 11.6 Å². The zero-order valence-electron chi connectivity index (χ0n) is 12.5. The van der Waals surface area contributed by atoms with Crippen molar-refractivity contribution >= 4 is 11.9 Å². The fourth-order valence-electron chi connectivity index (χ4n) is 2.04. The molecular weight excluding hydrogens is 357 g/mol. The lowest BCUT2D eigenvalue weighted by Crippen LogP contribution is -2.49. The zero-order valence-corrected chi connectivity index (χ0v) is 12.5. The van der Waals surface area contributed by atoms with Crippen LogP contribution in [0.3, 0.4) is 0 Å². The Labute approximate surface area is 138 Å². The van der Waals surface area contributed by atoms with Crippen LogP contribution in [0.25, 0.3) is 0 Å². The fourth-order valence-corrected chi connectivity index (χ4v) is 2.04. The van der Waals surface area contributed by atoms with Gasteiger partial charge in [0.15, 0.2) is 0 Å². The van der Waals surface area contributed by atoms with Crippen LogP contribution in [0.4, 0.5) is 22.0 Å². The lowest BCUT2D eigenvalue weighted by Gasteiger charge is -2.35. The molecule has 1 aliphatic rings. The van der Waals surface area contributed by atoms with Crippen molar-refractivity contribution in [2.75, 3.05) is 19.7 Å². The van der Waals surface area contributed by atoms with E-state index in [2.05, 4.69) is 4.74 Å². The monoisotopic (exact) mass is 371 g/mol. The number of halogens is 5. The summed E-state index contributed by atoms with van der Waals surface area (Å²) in [6, 6.07) is 7.28. The summed E-state index contributed by atoms with van der Waals surface area (Å²) >= 11 is 0. The quantitative estimate of drug-likeness (QED) is 0.794. The Balaban J connectivity index is 0.000000381. The minimum atomic E-state index is -5.08. The van der Waals surface area contributed by atoms with Gasteiger partial charge in [0, 0.05) is 6.54 Å². The number of benzene rings is 1. The molecule has 0 amide bonds. The lowest BCUT2D eigenvalue weighted by molar-refractivity contribution is -0.273. The minimum Gasteiger partial charge on any atom is -0.480 e. The molecule has 11 heteroatoms. The zero-order chi connectivity index (χ0) is 19.3. The summed E-state index contributed by atoms with van der Waals surface area (Å²) in [4.78, 5) is 21.4. The molecule has 6 nitrogen and oxygen atoms in total. The summed E-state index contributed by atoms with van der Waals surface area (Å²) in [5.41, 5.74) is 0.489. The Morgan fingerprint density at radius 1 is 1.16 bits per heavy atom. The average molecular weight is 371 g/mol. The molecule has 0 bridgehead atoms. The molecular formula is C14H14F5NO5. The van der Waals surface area contributed by atoms with Gasteiger partial charge in [0.1, 0.15) is 6.04 Å². The highest BCUT2D eigenvalue weighted by Gasteiger charge is 2.41. The molecule has 1 unspecified atom stereocenters. The molecule has 1 aromatic carbocycles. The standard InChI is InChI=1S/C12H13F2NO3.C2HF3O2/c13-12(14)8-15(6-7-18-12)10(11(16)17)9-4-2-1-3-5-9;3-2(4,5)1(6)7/h1-5,10H,6-8H2,(H,16,17);(H,6,7). The number of morpholine rings is 1.